The van der Waals surface area contributed by atoms with Crippen LogP contribution in [0.4, 0.5) is 0 Å². The van der Waals surface area contributed by atoms with Crippen molar-refractivity contribution in [3.8, 4) is 0 Å². The Morgan fingerprint density at radius 3 is 2.27 bits per heavy atom. The molecule has 6 heteroatoms. The molecule has 0 saturated heterocycles. The molecule has 1 aromatic carbocycles. The number of ether oxygens (including phenoxy) is 1. The van der Waals surface area contributed by atoms with E-state index in [1.807, 2.05) is 24.3 Å². The van der Waals surface area contributed by atoms with E-state index in [-0.39, 0.29) is 18.5 Å². The molecule has 0 saturated carbocycles. The standard InChI is InChI=1S/C16H20Br4O2/c1-3-11(2)4-9-14(12-5-7-13(17)8-6-12)15(21)22-10-16(18,19)20/h5-8,11,14H,3-4,9-10H2,1-2H3/t11?,14-/m0/s1. The first kappa shape index (κ1) is 20.7. The molecule has 2 nitrogen and oxygen atoms in total. The maximum atomic E-state index is 12.5. The van der Waals surface area contributed by atoms with Crippen molar-refractivity contribution in [2.75, 3.05) is 6.61 Å². The van der Waals surface area contributed by atoms with E-state index in [2.05, 4.69) is 77.6 Å². The number of esters is 1. The van der Waals surface area contributed by atoms with Gasteiger partial charge in [0.1, 0.15) is 6.61 Å². The van der Waals surface area contributed by atoms with Crippen LogP contribution in [0.5, 0.6) is 0 Å². The van der Waals surface area contributed by atoms with Crippen LogP contribution in [0.25, 0.3) is 0 Å². The lowest BCUT2D eigenvalue weighted by molar-refractivity contribution is -0.145. The van der Waals surface area contributed by atoms with E-state index in [9.17, 15) is 4.79 Å². The Labute approximate surface area is 166 Å². The fraction of sp³-hybridized carbons (Fsp3) is 0.562. The van der Waals surface area contributed by atoms with Gasteiger partial charge in [-0.2, -0.15) is 0 Å². The highest BCUT2D eigenvalue weighted by atomic mass is 80.0. The molecule has 0 aliphatic heterocycles. The smallest absolute Gasteiger partial charge is 0.313 e. The molecule has 0 N–H and O–H groups in total. The summed E-state index contributed by atoms with van der Waals surface area (Å²) in [4.78, 5) is 12.5. The number of carbonyl (C=O) groups excluding carboxylic acids is 1. The summed E-state index contributed by atoms with van der Waals surface area (Å²) in [5.74, 6) is 0.193. The van der Waals surface area contributed by atoms with Crippen molar-refractivity contribution in [3.05, 3.63) is 34.3 Å². The summed E-state index contributed by atoms with van der Waals surface area (Å²) in [6.45, 7) is 4.60. The molecule has 1 rings (SSSR count). The van der Waals surface area contributed by atoms with Gasteiger partial charge in [0.25, 0.3) is 0 Å². The van der Waals surface area contributed by atoms with Crippen molar-refractivity contribution in [3.63, 3.8) is 0 Å². The second kappa shape index (κ2) is 9.80. The molecule has 124 valence electrons. The van der Waals surface area contributed by atoms with E-state index in [0.29, 0.717) is 5.92 Å². The summed E-state index contributed by atoms with van der Waals surface area (Å²) in [6.07, 6.45) is 2.93. The van der Waals surface area contributed by atoms with Crippen LogP contribution < -0.4 is 0 Å². The lowest BCUT2D eigenvalue weighted by Crippen LogP contribution is -2.22. The molecule has 0 radical (unpaired) electrons. The first-order valence-corrected chi connectivity index (χ1v) is 10.4. The number of rotatable bonds is 7. The van der Waals surface area contributed by atoms with Crippen LogP contribution in [0, 0.1) is 5.92 Å². The second-order valence-corrected chi connectivity index (χ2v) is 13.6. The van der Waals surface area contributed by atoms with Crippen LogP contribution in [-0.2, 0) is 9.53 Å². The number of alkyl halides is 3. The van der Waals surface area contributed by atoms with Crippen LogP contribution in [-0.4, -0.2) is 14.7 Å². The van der Waals surface area contributed by atoms with Crippen molar-refractivity contribution in [1.82, 2.24) is 0 Å². The molecule has 2 atom stereocenters. The molecule has 0 bridgehead atoms. The molecule has 0 heterocycles. The summed E-state index contributed by atoms with van der Waals surface area (Å²) in [5, 5.41) is 0. The highest BCUT2D eigenvalue weighted by Crippen LogP contribution is 2.34. The molecular formula is C16H20Br4O2. The molecule has 0 spiro atoms. The predicted octanol–water partition coefficient (Wildman–Crippen LogP) is 6.74. The van der Waals surface area contributed by atoms with Gasteiger partial charge < -0.3 is 4.74 Å². The maximum absolute atomic E-state index is 12.5. The lowest BCUT2D eigenvalue weighted by Gasteiger charge is -2.20. The van der Waals surface area contributed by atoms with E-state index >= 15 is 0 Å². The molecular weight excluding hydrogens is 544 g/mol. The zero-order valence-corrected chi connectivity index (χ0v) is 19.0. The zero-order chi connectivity index (χ0) is 16.8. The minimum Gasteiger partial charge on any atom is -0.462 e. The molecule has 1 aromatic rings. The monoisotopic (exact) mass is 560 g/mol. The van der Waals surface area contributed by atoms with Gasteiger partial charge in [0, 0.05) is 4.47 Å². The number of benzene rings is 1. The average molecular weight is 564 g/mol. The highest BCUT2D eigenvalue weighted by Gasteiger charge is 2.26. The highest BCUT2D eigenvalue weighted by molar-refractivity contribution is 9.39. The van der Waals surface area contributed by atoms with Crippen LogP contribution in [0.1, 0.15) is 44.6 Å². The van der Waals surface area contributed by atoms with Crippen LogP contribution >= 0.6 is 63.7 Å². The molecule has 1 unspecified atom stereocenters. The van der Waals surface area contributed by atoms with Gasteiger partial charge in [-0.25, -0.2) is 0 Å². The van der Waals surface area contributed by atoms with Crippen molar-refractivity contribution in [2.24, 2.45) is 5.92 Å². The van der Waals surface area contributed by atoms with E-state index in [4.69, 9.17) is 4.74 Å². The van der Waals surface area contributed by atoms with Crippen molar-refractivity contribution < 1.29 is 9.53 Å². The zero-order valence-electron chi connectivity index (χ0n) is 12.6. The first-order chi connectivity index (χ1) is 10.2. The van der Waals surface area contributed by atoms with Gasteiger partial charge in [0.15, 0.2) is 2.14 Å². The lowest BCUT2D eigenvalue weighted by atomic mass is 9.90. The largest absolute Gasteiger partial charge is 0.462 e. The Hall–Kier alpha value is 0.610. The Morgan fingerprint density at radius 1 is 1.18 bits per heavy atom. The fourth-order valence-electron chi connectivity index (χ4n) is 2.02. The van der Waals surface area contributed by atoms with Crippen LogP contribution in [0.15, 0.2) is 28.7 Å². The van der Waals surface area contributed by atoms with E-state index < -0.39 is 2.14 Å². The SMILES string of the molecule is CCC(C)CC[C@H](C(=O)OCC(Br)(Br)Br)c1ccc(Br)cc1. The normalized spacial score (nSPS) is 14.5. The molecule has 0 aromatic heterocycles. The van der Waals surface area contributed by atoms with Crippen LogP contribution in [0.3, 0.4) is 0 Å². The number of halogens is 4. The Kier molecular flexibility index (Phi) is 9.20. The summed E-state index contributed by atoms with van der Waals surface area (Å²) in [7, 11) is 0. The molecule has 0 aliphatic rings. The third kappa shape index (κ3) is 7.93. The van der Waals surface area contributed by atoms with Crippen molar-refractivity contribution in [2.45, 2.75) is 41.2 Å². The molecule has 0 aliphatic carbocycles. The van der Waals surface area contributed by atoms with Crippen LogP contribution in [0.2, 0.25) is 0 Å². The minimum atomic E-state index is -0.566. The topological polar surface area (TPSA) is 26.3 Å². The van der Waals surface area contributed by atoms with Gasteiger partial charge in [-0.05, 0) is 36.5 Å². The summed E-state index contributed by atoms with van der Waals surface area (Å²) in [6, 6.07) is 7.89. The van der Waals surface area contributed by atoms with E-state index in [0.717, 1.165) is 29.3 Å². The quantitative estimate of drug-likeness (QED) is 0.271. The Bertz CT molecular complexity index is 468. The molecule has 0 amide bonds. The Balaban J connectivity index is 2.81. The summed E-state index contributed by atoms with van der Waals surface area (Å²) < 4.78 is 5.87. The van der Waals surface area contributed by atoms with Gasteiger partial charge in [-0.3, -0.25) is 4.79 Å². The molecule has 0 fully saturated rings. The fourth-order valence-corrected chi connectivity index (χ4v) is 2.63. The van der Waals surface area contributed by atoms with Gasteiger partial charge >= 0.3 is 5.97 Å². The summed E-state index contributed by atoms with van der Waals surface area (Å²) in [5.41, 5.74) is 1.00. The number of hydrogen-bond acceptors (Lipinski definition) is 2. The Morgan fingerprint density at radius 2 is 1.77 bits per heavy atom. The predicted molar refractivity (Wildman–Crippen MR) is 106 cm³/mol. The van der Waals surface area contributed by atoms with Gasteiger partial charge in [0.2, 0.25) is 0 Å². The number of hydrogen-bond donors (Lipinski definition) is 0. The van der Waals surface area contributed by atoms with Crippen molar-refractivity contribution in [1.29, 1.82) is 0 Å². The maximum Gasteiger partial charge on any atom is 0.313 e. The average Bonchev–Trinajstić information content (AvgIpc) is 2.46. The molecule has 22 heavy (non-hydrogen) atoms. The van der Waals surface area contributed by atoms with Crippen molar-refractivity contribution >= 4 is 69.7 Å². The third-order valence-corrected chi connectivity index (χ3v) is 4.80. The van der Waals surface area contributed by atoms with E-state index in [1.165, 1.54) is 0 Å². The third-order valence-electron chi connectivity index (χ3n) is 3.58. The van der Waals surface area contributed by atoms with E-state index in [1.54, 1.807) is 0 Å². The van der Waals surface area contributed by atoms with Gasteiger partial charge in [0.05, 0.1) is 5.92 Å². The second-order valence-electron chi connectivity index (χ2n) is 5.42. The van der Waals surface area contributed by atoms with Gasteiger partial charge in [-0.15, -0.1) is 0 Å². The summed E-state index contributed by atoms with van der Waals surface area (Å²) >= 11 is 13.5. The first-order valence-electron chi connectivity index (χ1n) is 7.21. The number of carbonyl (C=O) groups is 1. The van der Waals surface area contributed by atoms with Gasteiger partial charge in [-0.1, -0.05) is 96.1 Å². The minimum absolute atomic E-state index is 0.187.